The number of nitrogens with zero attached hydrogens (tertiary/aromatic N) is 4. The van der Waals surface area contributed by atoms with E-state index in [2.05, 4.69) is 15.5 Å². The van der Waals surface area contributed by atoms with Crippen molar-refractivity contribution in [2.75, 3.05) is 31.1 Å². The molecule has 2 aromatic rings. The van der Waals surface area contributed by atoms with E-state index in [0.717, 1.165) is 31.2 Å². The second-order valence-electron chi connectivity index (χ2n) is 8.74. The summed E-state index contributed by atoms with van der Waals surface area (Å²) in [5.41, 5.74) is 0.0783. The third-order valence-electron chi connectivity index (χ3n) is 6.22. The fraction of sp³-hybridized carbons (Fsp3) is 0.545. The third-order valence-corrected chi connectivity index (χ3v) is 6.22. The number of pyridine rings is 2. The summed E-state index contributed by atoms with van der Waals surface area (Å²) in [7, 11) is 0. The number of nitrogens with one attached hydrogen (secondary N) is 1. The number of aromatic carboxylic acids is 1. The lowest BCUT2D eigenvalue weighted by atomic mass is 10.1. The Balaban J connectivity index is 1.52. The first-order chi connectivity index (χ1) is 15.5. The Morgan fingerprint density at radius 2 is 2.16 bits per heavy atom. The van der Waals surface area contributed by atoms with Gasteiger partial charge in [-0.2, -0.15) is 0 Å². The molecule has 3 aliphatic rings. The summed E-state index contributed by atoms with van der Waals surface area (Å²) in [6, 6.07) is 1.75. The average Bonchev–Trinajstić information content (AvgIpc) is 3.69. The Bertz CT molecular complexity index is 1160. The van der Waals surface area contributed by atoms with E-state index in [0.29, 0.717) is 31.4 Å². The first-order valence-electron chi connectivity index (χ1n) is 11.1. The predicted octanol–water partition coefficient (Wildman–Crippen LogP) is 2.15. The lowest BCUT2D eigenvalue weighted by molar-refractivity contribution is 0.0695. The highest BCUT2D eigenvalue weighted by atomic mass is 19.1. The van der Waals surface area contributed by atoms with E-state index >= 15 is 4.39 Å². The van der Waals surface area contributed by atoms with Crippen molar-refractivity contribution in [1.82, 2.24) is 14.9 Å². The van der Waals surface area contributed by atoms with Crippen LogP contribution in [0.25, 0.3) is 11.0 Å². The molecular weight excluding hydrogens is 417 g/mol. The molecule has 2 N–H and O–H groups in total. The van der Waals surface area contributed by atoms with Gasteiger partial charge in [-0.15, -0.1) is 0 Å². The van der Waals surface area contributed by atoms with Crippen LogP contribution in [0.3, 0.4) is 0 Å². The van der Waals surface area contributed by atoms with E-state index in [4.69, 9.17) is 4.84 Å². The Morgan fingerprint density at radius 1 is 1.38 bits per heavy atom. The molecule has 1 atom stereocenters. The van der Waals surface area contributed by atoms with Crippen LogP contribution in [0.4, 0.5) is 10.2 Å². The number of fused-ring (bicyclic) bond motifs is 1. The van der Waals surface area contributed by atoms with Crippen LogP contribution in [0.15, 0.2) is 22.2 Å². The van der Waals surface area contributed by atoms with Crippen molar-refractivity contribution in [1.29, 1.82) is 0 Å². The average molecular weight is 443 g/mol. The second kappa shape index (κ2) is 8.16. The number of hydrogen-bond acceptors (Lipinski definition) is 7. The molecule has 2 aromatic heterocycles. The third kappa shape index (κ3) is 3.94. The summed E-state index contributed by atoms with van der Waals surface area (Å²) in [6.07, 6.45) is 5.43. The van der Waals surface area contributed by atoms with Gasteiger partial charge >= 0.3 is 5.97 Å². The number of anilines is 1. The SMILES string of the molecule is CCO/N=C1/CN(c2nc3c(cc2F)c(=O)c(C(=O)O)cn3C2CC2)CC1CNC1CC1. The molecule has 1 unspecified atom stereocenters. The fourth-order valence-corrected chi connectivity index (χ4v) is 4.19. The summed E-state index contributed by atoms with van der Waals surface area (Å²) in [6.45, 7) is 3.96. The Hall–Kier alpha value is -3.01. The van der Waals surface area contributed by atoms with Gasteiger partial charge in [0.2, 0.25) is 5.43 Å². The maximum absolute atomic E-state index is 15.2. The lowest BCUT2D eigenvalue weighted by Gasteiger charge is -2.19. The molecular formula is C22H26FN5O4. The minimum atomic E-state index is -1.32. The summed E-state index contributed by atoms with van der Waals surface area (Å²) in [4.78, 5) is 35.8. The molecule has 0 spiro atoms. The molecule has 0 amide bonds. The smallest absolute Gasteiger partial charge is 0.341 e. The maximum Gasteiger partial charge on any atom is 0.341 e. The van der Waals surface area contributed by atoms with Gasteiger partial charge in [0.25, 0.3) is 0 Å². The first kappa shape index (κ1) is 20.9. The number of oxime groups is 1. The predicted molar refractivity (Wildman–Crippen MR) is 117 cm³/mol. The van der Waals surface area contributed by atoms with Crippen molar-refractivity contribution < 1.29 is 19.1 Å². The molecule has 0 radical (unpaired) electrons. The van der Waals surface area contributed by atoms with Gasteiger partial charge in [0.1, 0.15) is 17.8 Å². The molecule has 0 aromatic carbocycles. The van der Waals surface area contributed by atoms with Crippen LogP contribution in [-0.4, -0.2) is 58.6 Å². The number of rotatable bonds is 8. The maximum atomic E-state index is 15.2. The van der Waals surface area contributed by atoms with E-state index in [1.54, 1.807) is 4.57 Å². The number of carboxylic acids is 1. The van der Waals surface area contributed by atoms with Crippen LogP contribution in [0, 0.1) is 11.7 Å². The quantitative estimate of drug-likeness (QED) is 0.602. The number of hydrogen-bond donors (Lipinski definition) is 2. The van der Waals surface area contributed by atoms with Crippen molar-refractivity contribution in [3.8, 4) is 0 Å². The zero-order valence-electron chi connectivity index (χ0n) is 17.9. The van der Waals surface area contributed by atoms with Gasteiger partial charge in [0.05, 0.1) is 17.6 Å². The fourth-order valence-electron chi connectivity index (χ4n) is 4.19. The van der Waals surface area contributed by atoms with Crippen molar-refractivity contribution in [3.63, 3.8) is 0 Å². The molecule has 2 aliphatic carbocycles. The highest BCUT2D eigenvalue weighted by molar-refractivity contribution is 5.95. The number of carbonyl (C=O) groups is 1. The summed E-state index contributed by atoms with van der Waals surface area (Å²) in [5.74, 6) is -1.75. The molecule has 9 nitrogen and oxygen atoms in total. The van der Waals surface area contributed by atoms with Gasteiger partial charge < -0.3 is 24.7 Å². The van der Waals surface area contributed by atoms with E-state index < -0.39 is 17.2 Å². The molecule has 32 heavy (non-hydrogen) atoms. The Kier molecular flexibility index (Phi) is 5.32. The van der Waals surface area contributed by atoms with Crippen LogP contribution in [0.5, 0.6) is 0 Å². The molecule has 170 valence electrons. The van der Waals surface area contributed by atoms with E-state index in [1.165, 1.54) is 19.0 Å². The number of halogens is 1. The second-order valence-corrected chi connectivity index (χ2v) is 8.74. The van der Waals surface area contributed by atoms with Crippen LogP contribution in [-0.2, 0) is 4.84 Å². The van der Waals surface area contributed by atoms with Crippen LogP contribution in [0.1, 0.15) is 49.0 Å². The summed E-state index contributed by atoms with van der Waals surface area (Å²) < 4.78 is 16.9. The zero-order valence-corrected chi connectivity index (χ0v) is 17.9. The number of carboxylic acid groups (broad SMARTS) is 1. The van der Waals surface area contributed by atoms with Gasteiger partial charge in [0.15, 0.2) is 11.6 Å². The molecule has 3 heterocycles. The van der Waals surface area contributed by atoms with Crippen LogP contribution < -0.4 is 15.6 Å². The molecule has 5 rings (SSSR count). The number of aromatic nitrogens is 2. The molecule has 1 saturated heterocycles. The molecule has 10 heteroatoms. The van der Waals surface area contributed by atoms with E-state index in [-0.39, 0.29) is 28.7 Å². The first-order valence-corrected chi connectivity index (χ1v) is 11.1. The molecule has 1 aliphatic heterocycles. The minimum absolute atomic E-state index is 0.00703. The standard InChI is InChI=1S/C22H26FN5O4/c1-2-32-26-18-11-27(9-12(18)8-24-13-3-4-13)21-17(23)7-15-19(29)16(22(30)31)10-28(14-5-6-14)20(15)25-21/h7,10,12-14,24H,2-6,8-9,11H2,1H3,(H,30,31)/b26-18-. The molecule has 3 fully saturated rings. The Labute approximate surface area is 183 Å². The van der Waals surface area contributed by atoms with E-state index in [9.17, 15) is 14.7 Å². The van der Waals surface area contributed by atoms with Gasteiger partial charge in [0, 0.05) is 37.3 Å². The Morgan fingerprint density at radius 3 is 2.81 bits per heavy atom. The summed E-state index contributed by atoms with van der Waals surface area (Å²) >= 11 is 0. The monoisotopic (exact) mass is 443 g/mol. The topological polar surface area (TPSA) is 109 Å². The highest BCUT2D eigenvalue weighted by Crippen LogP contribution is 2.37. The molecule has 0 bridgehead atoms. The lowest BCUT2D eigenvalue weighted by Crippen LogP contribution is -2.30. The molecule has 2 saturated carbocycles. The largest absolute Gasteiger partial charge is 0.477 e. The van der Waals surface area contributed by atoms with Crippen LogP contribution >= 0.6 is 0 Å². The normalized spacial score (nSPS) is 22.1. The van der Waals surface area contributed by atoms with Gasteiger partial charge in [-0.1, -0.05) is 5.16 Å². The van der Waals surface area contributed by atoms with Crippen molar-refractivity contribution in [2.45, 2.75) is 44.7 Å². The van der Waals surface area contributed by atoms with E-state index in [1.807, 2.05) is 11.8 Å². The van der Waals surface area contributed by atoms with Gasteiger partial charge in [-0.3, -0.25) is 4.79 Å². The highest BCUT2D eigenvalue weighted by Gasteiger charge is 2.35. The zero-order chi connectivity index (χ0) is 22.4. The van der Waals surface area contributed by atoms with Gasteiger partial charge in [-0.05, 0) is 38.7 Å². The van der Waals surface area contributed by atoms with Crippen LogP contribution in [0.2, 0.25) is 0 Å². The minimum Gasteiger partial charge on any atom is -0.477 e. The van der Waals surface area contributed by atoms with Crippen molar-refractivity contribution in [3.05, 3.63) is 33.9 Å². The van der Waals surface area contributed by atoms with Gasteiger partial charge in [-0.25, -0.2) is 14.2 Å². The summed E-state index contributed by atoms with van der Waals surface area (Å²) in [5, 5.41) is 17.2. The van der Waals surface area contributed by atoms with Crippen molar-refractivity contribution >= 4 is 28.5 Å². The van der Waals surface area contributed by atoms with Crippen molar-refractivity contribution in [2.24, 2.45) is 11.1 Å².